The van der Waals surface area contributed by atoms with Gasteiger partial charge in [0, 0.05) is 4.47 Å². The highest BCUT2D eigenvalue weighted by Gasteiger charge is 2.37. The second-order valence-corrected chi connectivity index (χ2v) is 4.14. The number of esters is 1. The van der Waals surface area contributed by atoms with Crippen molar-refractivity contribution in [1.29, 1.82) is 0 Å². The number of alkyl halides is 2. The van der Waals surface area contributed by atoms with Crippen LogP contribution in [0.25, 0.3) is 6.08 Å². The molecule has 0 atom stereocenters. The van der Waals surface area contributed by atoms with Crippen LogP contribution in [0, 0.1) is 0 Å². The minimum absolute atomic E-state index is 0.0689. The van der Waals surface area contributed by atoms with Crippen molar-refractivity contribution in [2.75, 3.05) is 6.61 Å². The fourth-order valence-corrected chi connectivity index (χ4v) is 1.33. The molecule has 1 rings (SSSR count). The summed E-state index contributed by atoms with van der Waals surface area (Å²) < 4.78 is 31.5. The first-order chi connectivity index (χ1) is 7.95. The summed E-state index contributed by atoms with van der Waals surface area (Å²) in [5.74, 6) is -5.13. The Labute approximate surface area is 106 Å². The van der Waals surface area contributed by atoms with Gasteiger partial charge in [0.15, 0.2) is 0 Å². The molecular formula is C12H11BrF2O2. The summed E-state index contributed by atoms with van der Waals surface area (Å²) in [6.45, 7) is 1.41. The molecule has 17 heavy (non-hydrogen) atoms. The van der Waals surface area contributed by atoms with Gasteiger partial charge in [-0.3, -0.25) is 0 Å². The highest BCUT2D eigenvalue weighted by molar-refractivity contribution is 9.10. The smallest absolute Gasteiger partial charge is 0.381 e. The third kappa shape index (κ3) is 4.26. The van der Waals surface area contributed by atoms with Crippen LogP contribution in [0.2, 0.25) is 0 Å². The standard InChI is InChI=1S/C12H11BrF2O2/c1-2-17-11(16)12(14,15)8-7-9-3-5-10(13)6-4-9/h3-8H,2H2,1H3/b8-7+. The minimum atomic E-state index is -3.59. The van der Waals surface area contributed by atoms with Gasteiger partial charge in [-0.05, 0) is 30.7 Å². The number of hydrogen-bond donors (Lipinski definition) is 0. The summed E-state index contributed by atoms with van der Waals surface area (Å²) in [6, 6.07) is 6.76. The van der Waals surface area contributed by atoms with Gasteiger partial charge in [-0.25, -0.2) is 4.79 Å². The number of hydrogen-bond acceptors (Lipinski definition) is 2. The topological polar surface area (TPSA) is 26.3 Å². The maximum atomic E-state index is 13.2. The first-order valence-electron chi connectivity index (χ1n) is 4.95. The van der Waals surface area contributed by atoms with Crippen LogP contribution < -0.4 is 0 Å². The molecule has 0 radical (unpaired) electrons. The Morgan fingerprint density at radius 3 is 2.53 bits per heavy atom. The van der Waals surface area contributed by atoms with E-state index in [9.17, 15) is 13.6 Å². The zero-order valence-corrected chi connectivity index (χ0v) is 10.7. The molecule has 0 unspecified atom stereocenters. The first kappa shape index (κ1) is 13.8. The van der Waals surface area contributed by atoms with Gasteiger partial charge < -0.3 is 4.74 Å². The van der Waals surface area contributed by atoms with E-state index in [-0.39, 0.29) is 6.61 Å². The van der Waals surface area contributed by atoms with Gasteiger partial charge in [0.25, 0.3) is 0 Å². The Bertz CT molecular complexity index is 413. The van der Waals surface area contributed by atoms with E-state index in [1.54, 1.807) is 24.3 Å². The second kappa shape index (κ2) is 5.91. The second-order valence-electron chi connectivity index (χ2n) is 3.23. The van der Waals surface area contributed by atoms with Crippen molar-refractivity contribution in [1.82, 2.24) is 0 Å². The van der Waals surface area contributed by atoms with Crippen molar-refractivity contribution >= 4 is 28.0 Å². The minimum Gasteiger partial charge on any atom is -0.461 e. The zero-order valence-electron chi connectivity index (χ0n) is 9.12. The van der Waals surface area contributed by atoms with Crippen LogP contribution in [0.5, 0.6) is 0 Å². The van der Waals surface area contributed by atoms with Crippen LogP contribution in [0.1, 0.15) is 12.5 Å². The lowest BCUT2D eigenvalue weighted by molar-refractivity contribution is -0.164. The lowest BCUT2D eigenvalue weighted by Crippen LogP contribution is -2.28. The van der Waals surface area contributed by atoms with Gasteiger partial charge in [0.05, 0.1) is 6.61 Å². The van der Waals surface area contributed by atoms with Crippen molar-refractivity contribution in [3.8, 4) is 0 Å². The quantitative estimate of drug-likeness (QED) is 0.794. The highest BCUT2D eigenvalue weighted by Crippen LogP contribution is 2.20. The Balaban J connectivity index is 2.75. The SMILES string of the molecule is CCOC(=O)C(F)(F)/C=C/c1ccc(Br)cc1. The van der Waals surface area contributed by atoms with E-state index in [1.165, 1.54) is 13.0 Å². The molecule has 5 heteroatoms. The molecule has 0 spiro atoms. The average Bonchev–Trinajstić information content (AvgIpc) is 2.29. The Morgan fingerprint density at radius 1 is 1.41 bits per heavy atom. The van der Waals surface area contributed by atoms with Crippen LogP contribution in [0.15, 0.2) is 34.8 Å². The van der Waals surface area contributed by atoms with Crippen LogP contribution in [-0.2, 0) is 9.53 Å². The van der Waals surface area contributed by atoms with E-state index in [2.05, 4.69) is 20.7 Å². The van der Waals surface area contributed by atoms with Crippen molar-refractivity contribution in [3.63, 3.8) is 0 Å². The number of rotatable bonds is 4. The van der Waals surface area contributed by atoms with E-state index in [1.807, 2.05) is 0 Å². The van der Waals surface area contributed by atoms with E-state index in [4.69, 9.17) is 0 Å². The number of halogens is 3. The zero-order chi connectivity index (χ0) is 12.9. The molecule has 0 aliphatic rings. The number of carbonyl (C=O) groups is 1. The van der Waals surface area contributed by atoms with Gasteiger partial charge in [-0.2, -0.15) is 8.78 Å². The molecule has 0 saturated carbocycles. The summed E-state index contributed by atoms with van der Waals surface area (Å²) in [4.78, 5) is 10.9. The maximum Gasteiger partial charge on any atom is 0.381 e. The van der Waals surface area contributed by atoms with Crippen LogP contribution >= 0.6 is 15.9 Å². The van der Waals surface area contributed by atoms with Crippen molar-refractivity contribution in [3.05, 3.63) is 40.4 Å². The number of benzene rings is 1. The fourth-order valence-electron chi connectivity index (χ4n) is 1.07. The monoisotopic (exact) mass is 304 g/mol. The van der Waals surface area contributed by atoms with E-state index < -0.39 is 11.9 Å². The molecule has 92 valence electrons. The van der Waals surface area contributed by atoms with Gasteiger partial charge in [-0.15, -0.1) is 0 Å². The van der Waals surface area contributed by atoms with E-state index in [0.29, 0.717) is 11.6 Å². The number of carbonyl (C=O) groups excluding carboxylic acids is 1. The van der Waals surface area contributed by atoms with Crippen molar-refractivity contribution in [2.45, 2.75) is 12.8 Å². The molecule has 2 nitrogen and oxygen atoms in total. The lowest BCUT2D eigenvalue weighted by Gasteiger charge is -2.09. The summed E-state index contributed by atoms with van der Waals surface area (Å²) >= 11 is 3.23. The molecule has 0 N–H and O–H groups in total. The molecule has 0 amide bonds. The largest absolute Gasteiger partial charge is 0.461 e. The molecule has 0 aliphatic heterocycles. The van der Waals surface area contributed by atoms with Gasteiger partial charge in [-0.1, -0.05) is 34.1 Å². The summed E-state index contributed by atoms with van der Waals surface area (Å²) in [6.07, 6.45) is 1.72. The summed E-state index contributed by atoms with van der Waals surface area (Å²) in [7, 11) is 0. The lowest BCUT2D eigenvalue weighted by atomic mass is 10.2. The number of ether oxygens (including phenoxy) is 1. The molecule has 0 aliphatic carbocycles. The Kier molecular flexibility index (Phi) is 4.81. The molecule has 0 heterocycles. The third-order valence-corrected chi connectivity index (χ3v) is 2.43. The highest BCUT2D eigenvalue weighted by atomic mass is 79.9. The molecule has 0 aromatic heterocycles. The van der Waals surface area contributed by atoms with Crippen molar-refractivity contribution in [2.24, 2.45) is 0 Å². The van der Waals surface area contributed by atoms with Gasteiger partial charge >= 0.3 is 11.9 Å². The Morgan fingerprint density at radius 2 is 2.00 bits per heavy atom. The molecule has 0 bridgehead atoms. The summed E-state index contributed by atoms with van der Waals surface area (Å²) in [5, 5.41) is 0. The maximum absolute atomic E-state index is 13.2. The van der Waals surface area contributed by atoms with Crippen LogP contribution in [0.3, 0.4) is 0 Å². The molecule has 1 aromatic rings. The van der Waals surface area contributed by atoms with Crippen molar-refractivity contribution < 1.29 is 18.3 Å². The average molecular weight is 305 g/mol. The first-order valence-corrected chi connectivity index (χ1v) is 5.75. The van der Waals surface area contributed by atoms with Crippen LogP contribution in [0.4, 0.5) is 8.78 Å². The predicted molar refractivity (Wildman–Crippen MR) is 64.8 cm³/mol. The van der Waals surface area contributed by atoms with E-state index >= 15 is 0 Å². The normalized spacial score (nSPS) is 11.8. The van der Waals surface area contributed by atoms with Gasteiger partial charge in [0.1, 0.15) is 0 Å². The van der Waals surface area contributed by atoms with E-state index in [0.717, 1.165) is 4.47 Å². The summed E-state index contributed by atoms with van der Waals surface area (Å²) in [5.41, 5.74) is 0.581. The molecule has 0 saturated heterocycles. The predicted octanol–water partition coefficient (Wildman–Crippen LogP) is 3.66. The van der Waals surface area contributed by atoms with Gasteiger partial charge in [0.2, 0.25) is 0 Å². The molecular weight excluding hydrogens is 294 g/mol. The molecule has 1 aromatic carbocycles. The fraction of sp³-hybridized carbons (Fsp3) is 0.250. The molecule has 0 fully saturated rings. The third-order valence-electron chi connectivity index (χ3n) is 1.90. The Hall–Kier alpha value is -1.23. The van der Waals surface area contributed by atoms with Crippen LogP contribution in [-0.4, -0.2) is 18.5 Å².